The van der Waals surface area contributed by atoms with Crippen LogP contribution in [0.2, 0.25) is 0 Å². The molecule has 0 unspecified atom stereocenters. The number of nitrogens with one attached hydrogen (secondary N) is 1. The van der Waals surface area contributed by atoms with E-state index in [9.17, 15) is 0 Å². The van der Waals surface area contributed by atoms with Crippen molar-refractivity contribution in [3.63, 3.8) is 0 Å². The molecule has 0 radical (unpaired) electrons. The van der Waals surface area contributed by atoms with E-state index in [1.54, 1.807) is 14.2 Å². The molecule has 2 aromatic carbocycles. The third kappa shape index (κ3) is 4.69. The molecule has 0 aliphatic carbocycles. The van der Waals surface area contributed by atoms with Crippen LogP contribution in [0.1, 0.15) is 25.7 Å². The number of hydrogen-bond donors (Lipinski definition) is 1. The summed E-state index contributed by atoms with van der Waals surface area (Å²) in [5, 5.41) is 8.15. The average molecular weight is 499 g/mol. The van der Waals surface area contributed by atoms with Gasteiger partial charge in [-0.25, -0.2) is 9.50 Å². The number of methoxy groups -OCH3 is 2. The molecule has 0 bridgehead atoms. The van der Waals surface area contributed by atoms with Crippen molar-refractivity contribution in [1.82, 2.24) is 19.5 Å². The summed E-state index contributed by atoms with van der Waals surface area (Å²) in [4.78, 5) is 9.70. The smallest absolute Gasteiger partial charge is 0.245 e. The van der Waals surface area contributed by atoms with E-state index in [4.69, 9.17) is 14.6 Å². The van der Waals surface area contributed by atoms with E-state index < -0.39 is 0 Å². The number of rotatable bonds is 7. The molecule has 37 heavy (non-hydrogen) atoms. The lowest BCUT2D eigenvalue weighted by molar-refractivity contribution is 0.208. The maximum absolute atomic E-state index is 5.77. The van der Waals surface area contributed by atoms with Crippen LogP contribution in [-0.4, -0.2) is 65.9 Å². The highest BCUT2D eigenvalue weighted by Gasteiger charge is 2.26. The number of piperidine rings is 1. The Balaban J connectivity index is 1.21. The van der Waals surface area contributed by atoms with E-state index in [1.165, 1.54) is 44.5 Å². The summed E-state index contributed by atoms with van der Waals surface area (Å²) in [6.45, 7) is 4.71. The van der Waals surface area contributed by atoms with E-state index in [-0.39, 0.29) is 0 Å². The van der Waals surface area contributed by atoms with E-state index in [0.29, 0.717) is 5.95 Å². The number of nitrogens with zero attached hydrogens (tertiary/aromatic N) is 5. The van der Waals surface area contributed by atoms with Gasteiger partial charge in [0.25, 0.3) is 0 Å². The van der Waals surface area contributed by atoms with Gasteiger partial charge in [-0.2, -0.15) is 0 Å². The van der Waals surface area contributed by atoms with Crippen LogP contribution in [0.25, 0.3) is 16.8 Å². The third-order valence-electron chi connectivity index (χ3n) is 7.70. The predicted octanol–water partition coefficient (Wildman–Crippen LogP) is 5.22. The Bertz CT molecular complexity index is 1370. The number of aromatic nitrogens is 3. The molecule has 0 saturated carbocycles. The van der Waals surface area contributed by atoms with Gasteiger partial charge < -0.3 is 24.6 Å². The number of likely N-dealkylation sites (tertiary alicyclic amines) is 1. The van der Waals surface area contributed by atoms with E-state index >= 15 is 0 Å². The molecule has 2 saturated heterocycles. The van der Waals surface area contributed by atoms with Crippen LogP contribution in [0.3, 0.4) is 0 Å². The first-order valence-corrected chi connectivity index (χ1v) is 13.2. The average Bonchev–Trinajstić information content (AvgIpc) is 3.64. The standard InChI is InChI=1S/C29H34N6O2/c1-36-27-8-4-3-7-24(27)26-12-10-23-20-30-29(32-35(23)26)31-25-11-9-22(19-28(25)37-2)34-17-13-21(14-18-34)33-15-5-6-16-33/h3-4,7-12,19-21H,5-6,13-18H2,1-2H3,(H,31,32). The molecule has 1 N–H and O–H groups in total. The Kier molecular flexibility index (Phi) is 6.57. The monoisotopic (exact) mass is 498 g/mol. The third-order valence-corrected chi connectivity index (χ3v) is 7.70. The van der Waals surface area contributed by atoms with E-state index in [1.807, 2.05) is 47.1 Å². The topological polar surface area (TPSA) is 67.2 Å². The van der Waals surface area contributed by atoms with Crippen LogP contribution in [-0.2, 0) is 0 Å². The maximum atomic E-state index is 5.77. The van der Waals surface area contributed by atoms with Gasteiger partial charge in [-0.05, 0) is 75.2 Å². The lowest BCUT2D eigenvalue weighted by Crippen LogP contribution is -2.43. The molecule has 2 fully saturated rings. The lowest BCUT2D eigenvalue weighted by Gasteiger charge is -2.38. The molecular formula is C29H34N6O2. The zero-order valence-corrected chi connectivity index (χ0v) is 21.6. The van der Waals surface area contributed by atoms with Crippen LogP contribution < -0.4 is 19.7 Å². The van der Waals surface area contributed by atoms with Gasteiger partial charge in [0.15, 0.2) is 0 Å². The van der Waals surface area contributed by atoms with Crippen molar-refractivity contribution in [3.8, 4) is 22.8 Å². The van der Waals surface area contributed by atoms with Gasteiger partial charge in [-0.3, -0.25) is 0 Å². The van der Waals surface area contributed by atoms with Gasteiger partial charge in [0, 0.05) is 36.4 Å². The first kappa shape index (κ1) is 23.6. The molecule has 0 spiro atoms. The molecule has 8 nitrogen and oxygen atoms in total. The quantitative estimate of drug-likeness (QED) is 0.375. The highest BCUT2D eigenvalue weighted by atomic mass is 16.5. The maximum Gasteiger partial charge on any atom is 0.245 e. The zero-order valence-electron chi connectivity index (χ0n) is 21.6. The summed E-state index contributed by atoms with van der Waals surface area (Å²) in [7, 11) is 3.39. The van der Waals surface area contributed by atoms with Gasteiger partial charge in [-0.15, -0.1) is 5.10 Å². The van der Waals surface area contributed by atoms with Crippen molar-refractivity contribution in [2.24, 2.45) is 0 Å². The first-order chi connectivity index (χ1) is 18.2. The number of anilines is 3. The second kappa shape index (κ2) is 10.3. The van der Waals surface area contributed by atoms with Gasteiger partial charge in [0.2, 0.25) is 5.95 Å². The molecule has 0 atom stereocenters. The molecule has 8 heteroatoms. The SMILES string of the molecule is COc1cc(N2CCC(N3CCCC3)CC2)ccc1Nc1ncc2ccc(-c3ccccc3OC)n2n1. The van der Waals surface area contributed by atoms with Crippen molar-refractivity contribution in [3.05, 3.63) is 60.8 Å². The minimum atomic E-state index is 0.498. The molecule has 192 valence electrons. The fraction of sp³-hybridized carbons (Fsp3) is 0.379. The fourth-order valence-corrected chi connectivity index (χ4v) is 5.72. The molecule has 0 amide bonds. The van der Waals surface area contributed by atoms with Gasteiger partial charge in [-0.1, -0.05) is 12.1 Å². The number of hydrogen-bond acceptors (Lipinski definition) is 7. The number of para-hydroxylation sites is 1. The Hall–Kier alpha value is -3.78. The first-order valence-electron chi connectivity index (χ1n) is 13.2. The summed E-state index contributed by atoms with van der Waals surface area (Å²) in [5.74, 6) is 2.08. The molecule has 2 aliphatic rings. The Morgan fingerprint density at radius 1 is 0.865 bits per heavy atom. The summed E-state index contributed by atoms with van der Waals surface area (Å²) in [6.07, 6.45) is 6.98. The fourth-order valence-electron chi connectivity index (χ4n) is 5.72. The van der Waals surface area contributed by atoms with Gasteiger partial charge in [0.1, 0.15) is 11.5 Å². The lowest BCUT2D eigenvalue weighted by atomic mass is 10.0. The summed E-state index contributed by atoms with van der Waals surface area (Å²) in [6, 6.07) is 19.1. The largest absolute Gasteiger partial charge is 0.496 e. The van der Waals surface area contributed by atoms with Crippen molar-refractivity contribution in [2.75, 3.05) is 50.6 Å². The molecule has 4 aromatic rings. The highest BCUT2D eigenvalue weighted by Crippen LogP contribution is 2.34. The summed E-state index contributed by atoms with van der Waals surface area (Å²) in [5.41, 5.74) is 4.86. The van der Waals surface area contributed by atoms with E-state index in [2.05, 4.69) is 38.3 Å². The molecular weight excluding hydrogens is 464 g/mol. The van der Waals surface area contributed by atoms with Crippen molar-refractivity contribution < 1.29 is 9.47 Å². The molecule has 2 aliphatic heterocycles. The summed E-state index contributed by atoms with van der Waals surface area (Å²) < 4.78 is 13.2. The highest BCUT2D eigenvalue weighted by molar-refractivity contribution is 5.72. The van der Waals surface area contributed by atoms with Gasteiger partial charge >= 0.3 is 0 Å². The Morgan fingerprint density at radius 2 is 1.65 bits per heavy atom. The van der Waals surface area contributed by atoms with Gasteiger partial charge in [0.05, 0.1) is 37.3 Å². The minimum Gasteiger partial charge on any atom is -0.496 e. The van der Waals surface area contributed by atoms with Crippen LogP contribution >= 0.6 is 0 Å². The predicted molar refractivity (Wildman–Crippen MR) is 147 cm³/mol. The number of fused-ring (bicyclic) bond motifs is 1. The van der Waals surface area contributed by atoms with Crippen molar-refractivity contribution in [1.29, 1.82) is 0 Å². The van der Waals surface area contributed by atoms with Crippen LogP contribution in [0.15, 0.2) is 60.8 Å². The van der Waals surface area contributed by atoms with Crippen molar-refractivity contribution in [2.45, 2.75) is 31.7 Å². The Morgan fingerprint density at radius 3 is 2.43 bits per heavy atom. The van der Waals surface area contributed by atoms with Crippen LogP contribution in [0.5, 0.6) is 11.5 Å². The van der Waals surface area contributed by atoms with E-state index in [0.717, 1.165) is 53.1 Å². The number of benzene rings is 2. The van der Waals surface area contributed by atoms with Crippen LogP contribution in [0, 0.1) is 0 Å². The second-order valence-electron chi connectivity index (χ2n) is 9.81. The second-order valence-corrected chi connectivity index (χ2v) is 9.81. The molecule has 2 aromatic heterocycles. The molecule has 4 heterocycles. The minimum absolute atomic E-state index is 0.498. The van der Waals surface area contributed by atoms with Crippen molar-refractivity contribution >= 4 is 22.8 Å². The normalized spacial score (nSPS) is 16.9. The molecule has 6 rings (SSSR count). The summed E-state index contributed by atoms with van der Waals surface area (Å²) >= 11 is 0. The van der Waals surface area contributed by atoms with Crippen LogP contribution in [0.4, 0.5) is 17.3 Å². The number of ether oxygens (including phenoxy) is 2. The Labute approximate surface area is 217 Å². The zero-order chi connectivity index (χ0) is 25.2.